The van der Waals surface area contributed by atoms with Gasteiger partial charge in [-0.2, -0.15) is 0 Å². The number of hydrogen-bond acceptors (Lipinski definition) is 6. The number of piperidine rings is 2. The summed E-state index contributed by atoms with van der Waals surface area (Å²) in [5.74, 6) is -1.66. The van der Waals surface area contributed by atoms with Gasteiger partial charge in [0, 0.05) is 71.1 Å². The number of alkyl halides is 1. The molecule has 3 fully saturated rings. The van der Waals surface area contributed by atoms with E-state index < -0.39 is 42.3 Å². The molecule has 4 atom stereocenters. The molecule has 0 aliphatic carbocycles. The van der Waals surface area contributed by atoms with Crippen molar-refractivity contribution in [1.29, 1.82) is 0 Å². The molecule has 3 aromatic rings. The number of aromatic nitrogens is 1. The quantitative estimate of drug-likeness (QED) is 0.294. The molecule has 4 heterocycles. The van der Waals surface area contributed by atoms with Crippen molar-refractivity contribution in [2.24, 2.45) is 18.9 Å². The van der Waals surface area contributed by atoms with Gasteiger partial charge < -0.3 is 29.3 Å². The second-order valence-corrected chi connectivity index (χ2v) is 16.9. The first-order valence-corrected chi connectivity index (χ1v) is 19.9. The van der Waals surface area contributed by atoms with Crippen LogP contribution in [0.2, 0.25) is 0 Å². The molecule has 1 aromatic heterocycles. The average molecular weight is 759 g/mol. The van der Waals surface area contributed by atoms with Gasteiger partial charge in [0.25, 0.3) is 0 Å². The van der Waals surface area contributed by atoms with Crippen molar-refractivity contribution in [3.63, 3.8) is 0 Å². The van der Waals surface area contributed by atoms with E-state index in [1.54, 1.807) is 37.6 Å². The first-order chi connectivity index (χ1) is 26.2. The van der Waals surface area contributed by atoms with E-state index in [-0.39, 0.29) is 30.3 Å². The van der Waals surface area contributed by atoms with E-state index in [0.717, 1.165) is 27.6 Å². The topological polar surface area (TPSA) is 107 Å². The zero-order valence-corrected chi connectivity index (χ0v) is 33.4. The molecular weight excluding hydrogens is 700 g/mol. The number of fused-ring (bicyclic) bond motifs is 1. The van der Waals surface area contributed by atoms with E-state index in [0.29, 0.717) is 71.2 Å². The Bertz CT molecular complexity index is 1830. The van der Waals surface area contributed by atoms with Crippen LogP contribution in [-0.4, -0.2) is 118 Å². The van der Waals surface area contributed by atoms with Crippen LogP contribution in [0.1, 0.15) is 69.6 Å². The number of rotatable bonds is 10. The highest BCUT2D eigenvalue weighted by molar-refractivity contribution is 5.96. The zero-order valence-electron chi connectivity index (χ0n) is 33.4. The molecule has 2 aromatic carbocycles. The van der Waals surface area contributed by atoms with Gasteiger partial charge >= 0.3 is 6.09 Å². The fourth-order valence-corrected chi connectivity index (χ4v) is 8.71. The highest BCUT2D eigenvalue weighted by Crippen LogP contribution is 2.34. The van der Waals surface area contributed by atoms with Crippen LogP contribution in [-0.2, 0) is 39.1 Å². The maximum absolute atomic E-state index is 15.2. The number of carbonyl (C=O) groups excluding carboxylic acids is 4. The molecule has 3 aliphatic rings. The van der Waals surface area contributed by atoms with E-state index in [4.69, 9.17) is 4.74 Å². The van der Waals surface area contributed by atoms with E-state index in [2.05, 4.69) is 40.5 Å². The van der Waals surface area contributed by atoms with Gasteiger partial charge in [-0.15, -0.1) is 0 Å². The van der Waals surface area contributed by atoms with Crippen molar-refractivity contribution < 1.29 is 28.3 Å². The lowest BCUT2D eigenvalue weighted by molar-refractivity contribution is -0.152. The van der Waals surface area contributed by atoms with Gasteiger partial charge in [0.2, 0.25) is 17.7 Å². The molecule has 0 unspecified atom stereocenters. The minimum Gasteiger partial charge on any atom is -0.444 e. The number of benzene rings is 2. The van der Waals surface area contributed by atoms with Crippen LogP contribution in [0, 0.1) is 18.8 Å². The summed E-state index contributed by atoms with van der Waals surface area (Å²) in [6, 6.07) is 14.5. The summed E-state index contributed by atoms with van der Waals surface area (Å²) in [7, 11) is 3.77. The van der Waals surface area contributed by atoms with Crippen molar-refractivity contribution in [1.82, 2.24) is 29.5 Å². The number of halogens is 1. The molecule has 3 saturated heterocycles. The smallest absolute Gasteiger partial charge is 0.410 e. The van der Waals surface area contributed by atoms with Crippen molar-refractivity contribution in [3.05, 3.63) is 71.4 Å². The van der Waals surface area contributed by atoms with E-state index >= 15 is 4.79 Å². The van der Waals surface area contributed by atoms with Crippen LogP contribution < -0.4 is 5.32 Å². The number of aryl methyl sites for hydroxylation is 2. The first kappa shape index (κ1) is 40.2. The Morgan fingerprint density at radius 1 is 0.945 bits per heavy atom. The third-order valence-electron chi connectivity index (χ3n) is 11.7. The highest BCUT2D eigenvalue weighted by Gasteiger charge is 2.50. The molecule has 6 rings (SSSR count). The normalized spacial score (nSPS) is 22.5. The van der Waals surface area contributed by atoms with Gasteiger partial charge in [-0.25, -0.2) is 9.18 Å². The van der Waals surface area contributed by atoms with Crippen LogP contribution >= 0.6 is 0 Å². The minimum absolute atomic E-state index is 0.00651. The van der Waals surface area contributed by atoms with Crippen LogP contribution in [0.3, 0.4) is 0 Å². The molecule has 0 spiro atoms. The van der Waals surface area contributed by atoms with Crippen molar-refractivity contribution in [2.75, 3.05) is 46.4 Å². The summed E-state index contributed by atoms with van der Waals surface area (Å²) in [6.45, 7) is 9.63. The minimum atomic E-state index is -1.13. The maximum atomic E-state index is 15.2. The molecule has 11 nitrogen and oxygen atoms in total. The fourth-order valence-electron chi connectivity index (χ4n) is 8.71. The average Bonchev–Trinajstić information content (AvgIpc) is 3.76. The van der Waals surface area contributed by atoms with Crippen molar-refractivity contribution in [2.45, 2.75) is 96.5 Å². The molecule has 0 bridgehead atoms. The number of nitrogens with zero attached hydrogens (tertiary/aromatic N) is 5. The molecule has 12 heteroatoms. The first-order valence-electron chi connectivity index (χ1n) is 19.9. The summed E-state index contributed by atoms with van der Waals surface area (Å²) >= 11 is 0. The Labute approximate surface area is 325 Å². The lowest BCUT2D eigenvalue weighted by Gasteiger charge is -2.44. The Morgan fingerprint density at radius 2 is 1.65 bits per heavy atom. The molecule has 0 radical (unpaired) electrons. The second-order valence-electron chi connectivity index (χ2n) is 16.9. The lowest BCUT2D eigenvalue weighted by Crippen LogP contribution is -2.62. The summed E-state index contributed by atoms with van der Waals surface area (Å²) in [5, 5.41) is 4.20. The maximum Gasteiger partial charge on any atom is 0.410 e. The predicted octanol–water partition coefficient (Wildman–Crippen LogP) is 5.47. The third-order valence-corrected chi connectivity index (χ3v) is 11.7. The van der Waals surface area contributed by atoms with E-state index in [9.17, 15) is 18.8 Å². The summed E-state index contributed by atoms with van der Waals surface area (Å²) in [5.41, 5.74) is 3.51. The summed E-state index contributed by atoms with van der Waals surface area (Å²) in [4.78, 5) is 64.7. The number of amides is 4. The molecule has 4 amide bonds. The number of nitrogens with one attached hydrogen (secondary N) is 1. The molecule has 0 saturated carbocycles. The van der Waals surface area contributed by atoms with Gasteiger partial charge in [-0.1, -0.05) is 35.9 Å². The van der Waals surface area contributed by atoms with Gasteiger partial charge in [0.05, 0.1) is 5.92 Å². The molecular formula is C43H59FN6O5. The van der Waals surface area contributed by atoms with Gasteiger partial charge in [-0.05, 0) is 107 Å². The highest BCUT2D eigenvalue weighted by atomic mass is 19.1. The van der Waals surface area contributed by atoms with E-state index in [1.165, 1.54) is 4.90 Å². The SMILES string of the molecule is Cc1ccc(C[C@@H]2C[C@@H](C(=O)NCc3ccc4c(ccn4C)c3)N(C(=O)[C@H]3[C@@H](C(=O)N(C)C4CCN(CCF)CC4)CCCN3C(=O)OC(C)(C)C)C2)cc1. The van der Waals surface area contributed by atoms with Crippen LogP contribution in [0.4, 0.5) is 9.18 Å². The zero-order chi connectivity index (χ0) is 39.4. The Morgan fingerprint density at radius 3 is 2.35 bits per heavy atom. The fraction of sp³-hybridized carbons (Fsp3) is 0.581. The van der Waals surface area contributed by atoms with Crippen LogP contribution in [0.25, 0.3) is 10.9 Å². The van der Waals surface area contributed by atoms with Gasteiger partial charge in [0.15, 0.2) is 0 Å². The summed E-state index contributed by atoms with van der Waals surface area (Å²) < 4.78 is 20.9. The lowest BCUT2D eigenvalue weighted by atomic mass is 9.86. The second kappa shape index (κ2) is 17.1. The van der Waals surface area contributed by atoms with E-state index in [1.807, 2.05) is 42.9 Å². The van der Waals surface area contributed by atoms with Crippen molar-refractivity contribution in [3.8, 4) is 0 Å². The van der Waals surface area contributed by atoms with Gasteiger partial charge in [-0.3, -0.25) is 19.3 Å². The molecule has 1 N–H and O–H groups in total. The predicted molar refractivity (Wildman–Crippen MR) is 211 cm³/mol. The monoisotopic (exact) mass is 758 g/mol. The number of carbonyl (C=O) groups is 4. The number of ether oxygens (including phenoxy) is 1. The van der Waals surface area contributed by atoms with Crippen LogP contribution in [0.15, 0.2) is 54.7 Å². The number of hydrogen-bond donors (Lipinski definition) is 1. The number of likely N-dealkylation sites (tertiary alicyclic amines) is 3. The molecule has 298 valence electrons. The largest absolute Gasteiger partial charge is 0.444 e. The Kier molecular flexibility index (Phi) is 12.5. The Hall–Kier alpha value is -4.45. The van der Waals surface area contributed by atoms with Crippen LogP contribution in [0.5, 0.6) is 0 Å². The third kappa shape index (κ3) is 9.51. The summed E-state index contributed by atoms with van der Waals surface area (Å²) in [6.07, 6.45) is 4.88. The molecule has 3 aliphatic heterocycles. The Balaban J connectivity index is 1.27. The van der Waals surface area contributed by atoms with Gasteiger partial charge in [0.1, 0.15) is 24.4 Å². The van der Waals surface area contributed by atoms with Crippen molar-refractivity contribution >= 4 is 34.7 Å². The molecule has 55 heavy (non-hydrogen) atoms. The standard InChI is InChI=1S/C43H59FN6O5/c1-29-9-11-30(12-10-29)24-32-26-37(39(51)45-27-31-13-14-36-33(25-31)15-20-46(36)5)50(28-32)41(53)38-35(8-7-19-49(38)42(54)55-43(2,3)4)40(52)47(6)34-16-21-48(22-17-34)23-18-44/h9-15,20,25,32,34-35,37-38H,7-8,16-19,21-24,26-28H2,1-6H3,(H,45,51)/t32-,35+,37+,38-/m1/s1.